The molecule has 19 heavy (non-hydrogen) atoms. The molecule has 0 amide bonds. The lowest BCUT2D eigenvalue weighted by Gasteiger charge is -2.18. The van der Waals surface area contributed by atoms with E-state index >= 15 is 0 Å². The number of nitrogens with one attached hydrogen (secondary N) is 1. The zero-order valence-corrected chi connectivity index (χ0v) is 13.4. The molecule has 5 heteroatoms. The van der Waals surface area contributed by atoms with Gasteiger partial charge in [0.05, 0.1) is 17.7 Å². The molecule has 0 spiro atoms. The van der Waals surface area contributed by atoms with E-state index in [1.807, 2.05) is 6.07 Å². The number of halogens is 1. The van der Waals surface area contributed by atoms with Crippen molar-refractivity contribution in [3.8, 4) is 5.75 Å². The van der Waals surface area contributed by atoms with Crippen LogP contribution >= 0.6 is 15.9 Å². The Morgan fingerprint density at radius 2 is 2.05 bits per heavy atom. The number of hydrogen-bond acceptors (Lipinski definition) is 4. The number of ether oxygens (including phenoxy) is 2. The van der Waals surface area contributed by atoms with Crippen LogP contribution in [0.2, 0.25) is 0 Å². The number of nitrogens with two attached hydrogens (primary N) is 1. The van der Waals surface area contributed by atoms with Gasteiger partial charge >= 0.3 is 0 Å². The fourth-order valence-electron chi connectivity index (χ4n) is 1.92. The summed E-state index contributed by atoms with van der Waals surface area (Å²) < 4.78 is 11.4. The van der Waals surface area contributed by atoms with Crippen molar-refractivity contribution in [3.05, 3.63) is 28.2 Å². The number of hydrogen-bond donors (Lipinski definition) is 2. The Hall–Kier alpha value is -0.620. The summed E-state index contributed by atoms with van der Waals surface area (Å²) in [6.45, 7) is 2.07. The van der Waals surface area contributed by atoms with Gasteiger partial charge in [0, 0.05) is 13.2 Å². The standard InChI is InChI=1S/C14H23BrN2O2/c1-10(18-2)4-6-12(17-16)8-11-5-7-14(19-3)13(15)9-11/h5,7,9-10,12,17H,4,6,8,16H2,1-3H3. The molecule has 1 rings (SSSR count). The predicted octanol–water partition coefficient (Wildman–Crippen LogP) is 2.65. The first-order chi connectivity index (χ1) is 9.10. The second-order valence-electron chi connectivity index (χ2n) is 4.66. The van der Waals surface area contributed by atoms with Crippen LogP contribution in [0.1, 0.15) is 25.3 Å². The minimum atomic E-state index is 0.248. The molecule has 0 saturated heterocycles. The summed E-state index contributed by atoms with van der Waals surface area (Å²) in [7, 11) is 3.40. The van der Waals surface area contributed by atoms with Crippen molar-refractivity contribution in [1.82, 2.24) is 5.43 Å². The maximum atomic E-state index is 5.62. The van der Waals surface area contributed by atoms with Gasteiger partial charge in [-0.25, -0.2) is 0 Å². The van der Waals surface area contributed by atoms with Gasteiger partial charge in [0.2, 0.25) is 0 Å². The lowest BCUT2D eigenvalue weighted by atomic mass is 10.0. The highest BCUT2D eigenvalue weighted by Crippen LogP contribution is 2.26. The van der Waals surface area contributed by atoms with Crippen LogP contribution in [0.25, 0.3) is 0 Å². The zero-order valence-electron chi connectivity index (χ0n) is 11.8. The molecule has 3 N–H and O–H groups in total. The third-order valence-electron chi connectivity index (χ3n) is 3.26. The summed E-state index contributed by atoms with van der Waals surface area (Å²) in [5.41, 5.74) is 4.10. The molecule has 1 aromatic rings. The summed E-state index contributed by atoms with van der Waals surface area (Å²) in [5.74, 6) is 6.46. The Labute approximate surface area is 123 Å². The SMILES string of the molecule is COc1ccc(CC(CCC(C)OC)NN)cc1Br. The quantitative estimate of drug-likeness (QED) is 0.568. The Kier molecular flexibility index (Phi) is 7.38. The summed E-state index contributed by atoms with van der Waals surface area (Å²) in [4.78, 5) is 0. The molecule has 0 aliphatic carbocycles. The van der Waals surface area contributed by atoms with E-state index in [2.05, 4.69) is 40.4 Å². The average molecular weight is 331 g/mol. The smallest absolute Gasteiger partial charge is 0.133 e. The molecule has 0 bridgehead atoms. The first kappa shape index (κ1) is 16.4. The van der Waals surface area contributed by atoms with Crippen molar-refractivity contribution >= 4 is 15.9 Å². The molecule has 0 aliphatic rings. The number of hydrazine groups is 1. The van der Waals surface area contributed by atoms with Crippen molar-refractivity contribution in [2.24, 2.45) is 5.84 Å². The van der Waals surface area contributed by atoms with Crippen LogP contribution in [0.15, 0.2) is 22.7 Å². The minimum Gasteiger partial charge on any atom is -0.496 e. The second kappa shape index (κ2) is 8.53. The highest BCUT2D eigenvalue weighted by molar-refractivity contribution is 9.10. The predicted molar refractivity (Wildman–Crippen MR) is 81.2 cm³/mol. The van der Waals surface area contributed by atoms with Crippen molar-refractivity contribution in [3.63, 3.8) is 0 Å². The van der Waals surface area contributed by atoms with Gasteiger partial charge in [-0.1, -0.05) is 6.07 Å². The van der Waals surface area contributed by atoms with E-state index in [1.54, 1.807) is 14.2 Å². The largest absolute Gasteiger partial charge is 0.496 e. The zero-order chi connectivity index (χ0) is 14.3. The van der Waals surface area contributed by atoms with Crippen LogP contribution in [0.3, 0.4) is 0 Å². The Bertz CT molecular complexity index is 388. The van der Waals surface area contributed by atoms with Crippen molar-refractivity contribution in [2.45, 2.75) is 38.3 Å². The van der Waals surface area contributed by atoms with Gasteiger partial charge in [0.15, 0.2) is 0 Å². The van der Waals surface area contributed by atoms with Gasteiger partial charge in [-0.3, -0.25) is 11.3 Å². The average Bonchev–Trinajstić information content (AvgIpc) is 2.43. The van der Waals surface area contributed by atoms with Crippen LogP contribution < -0.4 is 16.0 Å². The number of rotatable bonds is 8. The van der Waals surface area contributed by atoms with Crippen LogP contribution in [0.5, 0.6) is 5.75 Å². The van der Waals surface area contributed by atoms with Gasteiger partial charge in [-0.2, -0.15) is 0 Å². The molecule has 0 aliphatic heterocycles. The summed E-state index contributed by atoms with van der Waals surface area (Å²) in [6.07, 6.45) is 3.12. The van der Waals surface area contributed by atoms with Gasteiger partial charge in [0.25, 0.3) is 0 Å². The molecule has 4 nitrogen and oxygen atoms in total. The summed E-state index contributed by atoms with van der Waals surface area (Å²) in [5, 5.41) is 0. The minimum absolute atomic E-state index is 0.248. The lowest BCUT2D eigenvalue weighted by Crippen LogP contribution is -2.37. The first-order valence-electron chi connectivity index (χ1n) is 6.42. The second-order valence-corrected chi connectivity index (χ2v) is 5.51. The first-order valence-corrected chi connectivity index (χ1v) is 7.21. The van der Waals surface area contributed by atoms with E-state index in [0.717, 1.165) is 29.5 Å². The van der Waals surface area contributed by atoms with Crippen molar-refractivity contribution in [1.29, 1.82) is 0 Å². The van der Waals surface area contributed by atoms with Gasteiger partial charge in [-0.15, -0.1) is 0 Å². The lowest BCUT2D eigenvalue weighted by molar-refractivity contribution is 0.106. The molecule has 0 radical (unpaired) electrons. The van der Waals surface area contributed by atoms with Gasteiger partial charge < -0.3 is 9.47 Å². The molecule has 0 saturated carbocycles. The molecule has 0 aromatic heterocycles. The maximum absolute atomic E-state index is 5.62. The van der Waals surface area contributed by atoms with Crippen LogP contribution in [0, 0.1) is 0 Å². The van der Waals surface area contributed by atoms with Crippen LogP contribution in [0.4, 0.5) is 0 Å². The van der Waals surface area contributed by atoms with E-state index < -0.39 is 0 Å². The molecule has 108 valence electrons. The topological polar surface area (TPSA) is 56.5 Å². The molecular weight excluding hydrogens is 308 g/mol. The highest BCUT2D eigenvalue weighted by atomic mass is 79.9. The van der Waals surface area contributed by atoms with E-state index in [1.165, 1.54) is 5.56 Å². The Balaban J connectivity index is 2.57. The molecule has 0 heterocycles. The molecule has 2 unspecified atom stereocenters. The van der Waals surface area contributed by atoms with Gasteiger partial charge in [0.1, 0.15) is 5.75 Å². The summed E-state index contributed by atoms with van der Waals surface area (Å²) in [6, 6.07) is 6.35. The van der Waals surface area contributed by atoms with Crippen molar-refractivity contribution in [2.75, 3.05) is 14.2 Å². The van der Waals surface area contributed by atoms with Crippen LogP contribution in [-0.2, 0) is 11.2 Å². The number of benzene rings is 1. The molecular formula is C14H23BrN2O2. The highest BCUT2D eigenvalue weighted by Gasteiger charge is 2.11. The van der Waals surface area contributed by atoms with Gasteiger partial charge in [-0.05, 0) is 59.8 Å². The fraction of sp³-hybridized carbons (Fsp3) is 0.571. The fourth-order valence-corrected chi connectivity index (χ4v) is 2.51. The van der Waals surface area contributed by atoms with E-state index in [9.17, 15) is 0 Å². The van der Waals surface area contributed by atoms with E-state index in [-0.39, 0.29) is 12.1 Å². The van der Waals surface area contributed by atoms with Crippen LogP contribution in [-0.4, -0.2) is 26.4 Å². The summed E-state index contributed by atoms with van der Waals surface area (Å²) >= 11 is 3.50. The monoisotopic (exact) mass is 330 g/mol. The number of methoxy groups -OCH3 is 2. The molecule has 2 atom stereocenters. The Morgan fingerprint density at radius 1 is 1.32 bits per heavy atom. The Morgan fingerprint density at radius 3 is 2.58 bits per heavy atom. The third kappa shape index (κ3) is 5.48. The van der Waals surface area contributed by atoms with E-state index in [4.69, 9.17) is 15.3 Å². The maximum Gasteiger partial charge on any atom is 0.133 e. The van der Waals surface area contributed by atoms with E-state index in [0.29, 0.717) is 0 Å². The molecule has 0 fully saturated rings. The normalized spacial score (nSPS) is 14.2. The third-order valence-corrected chi connectivity index (χ3v) is 3.88. The van der Waals surface area contributed by atoms with Crippen molar-refractivity contribution < 1.29 is 9.47 Å². The molecule has 1 aromatic carbocycles.